The highest BCUT2D eigenvalue weighted by Crippen LogP contribution is 2.07. The van der Waals surface area contributed by atoms with E-state index in [1.54, 1.807) is 6.92 Å². The van der Waals surface area contributed by atoms with Gasteiger partial charge in [0.2, 0.25) is 0 Å². The van der Waals surface area contributed by atoms with Crippen molar-refractivity contribution < 1.29 is 13.9 Å². The predicted molar refractivity (Wildman–Crippen MR) is 61.3 cm³/mol. The van der Waals surface area contributed by atoms with Gasteiger partial charge in [-0.2, -0.15) is 0 Å². The molecule has 0 saturated heterocycles. The Labute approximate surface area is 97.8 Å². The molecule has 0 spiro atoms. The third-order valence-electron chi connectivity index (χ3n) is 1.74. The van der Waals surface area contributed by atoms with Crippen LogP contribution in [0.2, 0.25) is 0 Å². The first-order chi connectivity index (χ1) is 8.17. The van der Waals surface area contributed by atoms with Crippen molar-refractivity contribution in [2.45, 2.75) is 6.92 Å². The fourth-order valence-corrected chi connectivity index (χ4v) is 0.958. The van der Waals surface area contributed by atoms with E-state index in [9.17, 15) is 9.18 Å². The number of esters is 1. The molecule has 2 N–H and O–H groups in total. The Morgan fingerprint density at radius 2 is 2.41 bits per heavy atom. The Balaban J connectivity index is 2.75. The van der Waals surface area contributed by atoms with Gasteiger partial charge in [-0.05, 0) is 19.1 Å². The number of nitrogens with zero attached hydrogens (tertiary/aromatic N) is 2. The minimum absolute atomic E-state index is 0.109. The maximum absolute atomic E-state index is 12.6. The van der Waals surface area contributed by atoms with Crippen molar-refractivity contribution in [2.24, 2.45) is 10.7 Å². The fraction of sp³-hybridized carbons (Fsp3) is 0.182. The van der Waals surface area contributed by atoms with Crippen LogP contribution in [-0.4, -0.2) is 23.8 Å². The second-order valence-electron chi connectivity index (χ2n) is 2.94. The van der Waals surface area contributed by atoms with Gasteiger partial charge in [-0.3, -0.25) is 0 Å². The summed E-state index contributed by atoms with van der Waals surface area (Å²) in [5.41, 5.74) is 5.37. The van der Waals surface area contributed by atoms with Crippen LogP contribution in [-0.2, 0) is 9.53 Å². The fourth-order valence-electron chi connectivity index (χ4n) is 0.958. The van der Waals surface area contributed by atoms with Gasteiger partial charge in [0.25, 0.3) is 0 Å². The summed E-state index contributed by atoms with van der Waals surface area (Å²) in [5.74, 6) is -0.750. The number of ether oxygens (including phenoxy) is 1. The first-order valence-electron chi connectivity index (χ1n) is 4.92. The summed E-state index contributed by atoms with van der Waals surface area (Å²) in [4.78, 5) is 18.9. The van der Waals surface area contributed by atoms with Gasteiger partial charge in [-0.25, -0.2) is 19.2 Å². The Morgan fingerprint density at radius 3 is 2.94 bits per heavy atom. The van der Waals surface area contributed by atoms with E-state index in [4.69, 9.17) is 10.5 Å². The van der Waals surface area contributed by atoms with Gasteiger partial charge >= 0.3 is 5.97 Å². The molecule has 90 valence electrons. The molecule has 0 amide bonds. The molecule has 0 fully saturated rings. The van der Waals surface area contributed by atoms with Crippen LogP contribution in [0.5, 0.6) is 0 Å². The minimum atomic E-state index is -0.569. The van der Waals surface area contributed by atoms with Gasteiger partial charge < -0.3 is 10.5 Å². The number of hydrogen-bond acceptors (Lipinski definition) is 5. The normalized spacial score (nSPS) is 11.8. The molecule has 0 aliphatic heterocycles. The molecule has 1 rings (SSSR count). The number of nitrogens with two attached hydrogens (primary N) is 1. The summed E-state index contributed by atoms with van der Waals surface area (Å²) in [6.07, 6.45) is 3.34. The number of hydrogen-bond donors (Lipinski definition) is 1. The van der Waals surface area contributed by atoms with Crippen LogP contribution in [0.3, 0.4) is 0 Å². The third-order valence-corrected chi connectivity index (χ3v) is 1.74. The molecule has 0 atom stereocenters. The van der Waals surface area contributed by atoms with Crippen molar-refractivity contribution >= 4 is 18.0 Å². The second-order valence-corrected chi connectivity index (χ2v) is 2.94. The van der Waals surface area contributed by atoms with Gasteiger partial charge in [-0.15, -0.1) is 0 Å². The third kappa shape index (κ3) is 4.02. The van der Waals surface area contributed by atoms with E-state index in [1.807, 2.05) is 0 Å². The van der Waals surface area contributed by atoms with Gasteiger partial charge in [0.1, 0.15) is 5.82 Å². The average Bonchev–Trinajstić information content (AvgIpc) is 2.32. The molecular formula is C11H12FN3O2. The largest absolute Gasteiger partial charge is 0.462 e. The van der Waals surface area contributed by atoms with E-state index < -0.39 is 11.8 Å². The lowest BCUT2D eigenvalue weighted by molar-refractivity contribution is -0.137. The van der Waals surface area contributed by atoms with Crippen molar-refractivity contribution in [3.05, 3.63) is 35.9 Å². The molecule has 0 bridgehead atoms. The van der Waals surface area contributed by atoms with E-state index in [-0.39, 0.29) is 18.0 Å². The number of carbonyl (C=O) groups excluding carboxylic acids is 1. The van der Waals surface area contributed by atoms with Crippen LogP contribution in [0, 0.1) is 5.82 Å². The zero-order valence-electron chi connectivity index (χ0n) is 9.26. The van der Waals surface area contributed by atoms with Crippen molar-refractivity contribution in [3.63, 3.8) is 0 Å². The van der Waals surface area contributed by atoms with Crippen LogP contribution >= 0.6 is 0 Å². The molecule has 0 saturated carbocycles. The molecule has 1 aromatic rings. The average molecular weight is 237 g/mol. The second kappa shape index (κ2) is 6.37. The van der Waals surface area contributed by atoms with Gasteiger partial charge in [-0.1, -0.05) is 0 Å². The van der Waals surface area contributed by atoms with Crippen molar-refractivity contribution in [2.75, 3.05) is 6.61 Å². The van der Waals surface area contributed by atoms with E-state index in [2.05, 4.69) is 9.98 Å². The monoisotopic (exact) mass is 237 g/mol. The van der Waals surface area contributed by atoms with Crippen molar-refractivity contribution in [1.82, 2.24) is 4.98 Å². The van der Waals surface area contributed by atoms with Crippen LogP contribution < -0.4 is 5.73 Å². The zero-order chi connectivity index (χ0) is 12.7. The lowest BCUT2D eigenvalue weighted by Gasteiger charge is -2.00. The molecule has 0 aromatic carbocycles. The molecule has 0 unspecified atom stereocenters. The van der Waals surface area contributed by atoms with E-state index in [0.717, 1.165) is 12.4 Å². The van der Waals surface area contributed by atoms with Crippen LogP contribution in [0.25, 0.3) is 0 Å². The summed E-state index contributed by atoms with van der Waals surface area (Å²) < 4.78 is 17.3. The van der Waals surface area contributed by atoms with Gasteiger partial charge in [0.15, 0.2) is 5.82 Å². The van der Waals surface area contributed by atoms with Gasteiger partial charge in [0, 0.05) is 12.4 Å². The topological polar surface area (TPSA) is 77.6 Å². The molecular weight excluding hydrogens is 225 g/mol. The van der Waals surface area contributed by atoms with E-state index in [1.165, 1.54) is 18.3 Å². The summed E-state index contributed by atoms with van der Waals surface area (Å²) in [5, 5.41) is 0. The Kier molecular flexibility index (Phi) is 4.80. The molecule has 6 heteroatoms. The molecule has 5 nitrogen and oxygen atoms in total. The molecule has 1 aromatic heterocycles. The number of pyridine rings is 1. The predicted octanol–water partition coefficient (Wildman–Crippen LogP) is 1.33. The summed E-state index contributed by atoms with van der Waals surface area (Å²) in [7, 11) is 0. The molecule has 0 radical (unpaired) electrons. The number of rotatable bonds is 4. The Bertz CT molecular complexity index is 441. The quantitative estimate of drug-likeness (QED) is 0.487. The molecule has 1 heterocycles. The maximum atomic E-state index is 12.6. The standard InChI is InChI=1S/C11H12FN3O2/c1-2-17-11(16)8(5-13)6-14-10-4-3-9(12)7-15-10/h3-7H,2,13H2,1H3. The lowest BCUT2D eigenvalue weighted by Crippen LogP contribution is -2.10. The highest BCUT2D eigenvalue weighted by Gasteiger charge is 2.06. The van der Waals surface area contributed by atoms with E-state index >= 15 is 0 Å². The minimum Gasteiger partial charge on any atom is -0.462 e. The SMILES string of the molecule is CCOC(=O)C(C=Nc1ccc(F)cn1)=CN. The van der Waals surface area contributed by atoms with Gasteiger partial charge in [0.05, 0.1) is 18.4 Å². The smallest absolute Gasteiger partial charge is 0.341 e. The number of aliphatic imine (C=N–C) groups is 1. The summed E-state index contributed by atoms with van der Waals surface area (Å²) in [6, 6.07) is 2.60. The maximum Gasteiger partial charge on any atom is 0.341 e. The number of halogens is 1. The highest BCUT2D eigenvalue weighted by atomic mass is 19.1. The summed E-state index contributed by atoms with van der Waals surface area (Å²) >= 11 is 0. The lowest BCUT2D eigenvalue weighted by atomic mass is 10.3. The summed E-state index contributed by atoms with van der Waals surface area (Å²) in [6.45, 7) is 1.93. The molecule has 17 heavy (non-hydrogen) atoms. The highest BCUT2D eigenvalue weighted by molar-refractivity contribution is 6.09. The first kappa shape index (κ1) is 12.8. The first-order valence-corrected chi connectivity index (χ1v) is 4.92. The van der Waals surface area contributed by atoms with Crippen LogP contribution in [0.15, 0.2) is 35.1 Å². The Morgan fingerprint density at radius 1 is 1.65 bits per heavy atom. The number of carbonyl (C=O) groups is 1. The van der Waals surface area contributed by atoms with E-state index in [0.29, 0.717) is 0 Å². The molecule has 0 aliphatic rings. The van der Waals surface area contributed by atoms with Crippen molar-refractivity contribution in [1.29, 1.82) is 0 Å². The van der Waals surface area contributed by atoms with Crippen molar-refractivity contribution in [3.8, 4) is 0 Å². The van der Waals surface area contributed by atoms with Crippen LogP contribution in [0.1, 0.15) is 6.92 Å². The zero-order valence-corrected chi connectivity index (χ0v) is 9.26. The molecule has 0 aliphatic carbocycles. The van der Waals surface area contributed by atoms with Crippen LogP contribution in [0.4, 0.5) is 10.2 Å². The Hall–Kier alpha value is -2.24. The number of aromatic nitrogens is 1.